The van der Waals surface area contributed by atoms with Crippen molar-refractivity contribution in [3.63, 3.8) is 0 Å². The maximum Gasteiger partial charge on any atom is 0.300 e. The summed E-state index contributed by atoms with van der Waals surface area (Å²) in [6, 6.07) is 3.92. The highest BCUT2D eigenvalue weighted by Gasteiger charge is 1.99. The second-order valence-electron chi connectivity index (χ2n) is 2.33. The van der Waals surface area contributed by atoms with Crippen LogP contribution in [0.25, 0.3) is 0 Å². The van der Waals surface area contributed by atoms with E-state index >= 15 is 0 Å². The molecule has 2 aromatic heterocycles. The van der Waals surface area contributed by atoms with Gasteiger partial charge < -0.3 is 4.74 Å². The van der Waals surface area contributed by atoms with E-state index in [0.717, 1.165) is 0 Å². The van der Waals surface area contributed by atoms with E-state index in [0.29, 0.717) is 16.9 Å². The summed E-state index contributed by atoms with van der Waals surface area (Å²) in [5, 5.41) is 0.443. The van der Waals surface area contributed by atoms with Crippen molar-refractivity contribution in [1.29, 1.82) is 0 Å². The molecule has 0 atom stereocenters. The monoisotopic (exact) mass is 195 g/mol. The molecule has 2 rings (SSSR count). The van der Waals surface area contributed by atoms with E-state index in [1.54, 1.807) is 24.5 Å². The second kappa shape index (κ2) is 3.45. The molecule has 0 aliphatic carbocycles. The second-order valence-corrected chi connectivity index (χ2v) is 2.73. The summed E-state index contributed by atoms with van der Waals surface area (Å²) in [6.45, 7) is 0. The molecule has 0 amide bonds. The molecule has 0 bridgehead atoms. The van der Waals surface area contributed by atoms with Crippen LogP contribution in [-0.2, 0) is 0 Å². The molecule has 13 heavy (non-hydrogen) atoms. The van der Waals surface area contributed by atoms with Gasteiger partial charge >= 0.3 is 0 Å². The molecule has 5 heteroatoms. The van der Waals surface area contributed by atoms with Crippen LogP contribution in [-0.4, -0.2) is 15.0 Å². The van der Waals surface area contributed by atoms with Gasteiger partial charge in [-0.05, 0) is 12.1 Å². The molecule has 2 aromatic rings. The average molecular weight is 196 g/mol. The number of nitrogens with zero attached hydrogens (tertiary/aromatic N) is 2. The van der Waals surface area contributed by atoms with E-state index in [-0.39, 0.29) is 0 Å². The van der Waals surface area contributed by atoms with Crippen molar-refractivity contribution >= 4 is 11.6 Å². The van der Waals surface area contributed by atoms with Crippen LogP contribution in [0, 0.1) is 0 Å². The van der Waals surface area contributed by atoms with Crippen molar-refractivity contribution in [1.82, 2.24) is 15.0 Å². The molecule has 0 saturated heterocycles. The molecule has 0 unspecified atom stereocenters. The number of rotatable bonds is 2. The minimum Gasteiger partial charge on any atom is -0.424 e. The van der Waals surface area contributed by atoms with Gasteiger partial charge in [-0.1, -0.05) is 11.6 Å². The van der Waals surface area contributed by atoms with Gasteiger partial charge in [-0.25, -0.2) is 4.98 Å². The minimum atomic E-state index is 0.359. The average Bonchev–Trinajstić information content (AvgIpc) is 2.53. The van der Waals surface area contributed by atoms with Crippen LogP contribution in [0.4, 0.5) is 0 Å². The van der Waals surface area contributed by atoms with Gasteiger partial charge in [-0.2, -0.15) is 0 Å². The number of nitrogens with one attached hydrogen (secondary N) is 1. The molecule has 0 saturated carbocycles. The Balaban J connectivity index is 2.15. The molecule has 0 aromatic carbocycles. The number of ether oxygens (including phenoxy) is 1. The third-order valence-electron chi connectivity index (χ3n) is 1.37. The van der Waals surface area contributed by atoms with Gasteiger partial charge in [0.25, 0.3) is 6.01 Å². The van der Waals surface area contributed by atoms with Crippen LogP contribution in [0.2, 0.25) is 5.15 Å². The first kappa shape index (κ1) is 8.07. The van der Waals surface area contributed by atoms with Gasteiger partial charge in [-0.15, -0.1) is 0 Å². The Bertz CT molecular complexity index is 387. The van der Waals surface area contributed by atoms with E-state index in [9.17, 15) is 0 Å². The third-order valence-corrected chi connectivity index (χ3v) is 1.56. The van der Waals surface area contributed by atoms with Crippen LogP contribution < -0.4 is 4.74 Å². The first-order chi connectivity index (χ1) is 6.34. The maximum atomic E-state index is 5.61. The number of H-pyrrole nitrogens is 1. The summed E-state index contributed by atoms with van der Waals surface area (Å²) in [6.07, 6.45) is 4.74. The van der Waals surface area contributed by atoms with Crippen LogP contribution in [0.1, 0.15) is 0 Å². The number of aromatic amines is 1. The summed E-state index contributed by atoms with van der Waals surface area (Å²) in [4.78, 5) is 10.5. The number of imidazole rings is 1. The standard InChI is InChI=1S/C8H6ClN3O/c9-7-5-11-8(12-7)13-6-2-1-3-10-4-6/h1-5H,(H,11,12). The number of halogens is 1. The minimum absolute atomic E-state index is 0.359. The molecular formula is C8H6ClN3O. The Labute approximate surface area is 79.6 Å². The van der Waals surface area contributed by atoms with Gasteiger partial charge in [0.05, 0.1) is 12.4 Å². The molecule has 2 heterocycles. The van der Waals surface area contributed by atoms with Crippen LogP contribution in [0.5, 0.6) is 11.8 Å². The fraction of sp³-hybridized carbons (Fsp3) is 0. The first-order valence-electron chi connectivity index (χ1n) is 3.63. The summed E-state index contributed by atoms with van der Waals surface area (Å²) in [5.74, 6) is 0.619. The first-order valence-corrected chi connectivity index (χ1v) is 4.01. The van der Waals surface area contributed by atoms with Crippen molar-refractivity contribution in [3.8, 4) is 11.8 Å². The number of hydrogen-bond donors (Lipinski definition) is 1. The highest BCUT2D eigenvalue weighted by molar-refractivity contribution is 6.29. The number of aromatic nitrogens is 3. The zero-order valence-corrected chi connectivity index (χ0v) is 7.32. The van der Waals surface area contributed by atoms with E-state index in [1.165, 1.54) is 6.20 Å². The Morgan fingerprint density at radius 2 is 2.31 bits per heavy atom. The lowest BCUT2D eigenvalue weighted by molar-refractivity contribution is 0.445. The molecule has 1 N–H and O–H groups in total. The largest absolute Gasteiger partial charge is 0.424 e. The zero-order valence-electron chi connectivity index (χ0n) is 6.57. The molecule has 0 radical (unpaired) electrons. The van der Waals surface area contributed by atoms with Gasteiger partial charge in [0.15, 0.2) is 0 Å². The lowest BCUT2D eigenvalue weighted by Gasteiger charge is -1.98. The summed E-state index contributed by atoms with van der Waals surface area (Å²) >= 11 is 5.61. The quantitative estimate of drug-likeness (QED) is 0.800. The Morgan fingerprint density at radius 3 is 2.92 bits per heavy atom. The van der Waals surface area contributed by atoms with E-state index in [1.807, 2.05) is 0 Å². The van der Waals surface area contributed by atoms with E-state index in [4.69, 9.17) is 16.3 Å². The highest BCUT2D eigenvalue weighted by atomic mass is 35.5. The third kappa shape index (κ3) is 1.97. The molecule has 0 aliphatic rings. The van der Waals surface area contributed by atoms with Crippen molar-refractivity contribution < 1.29 is 4.74 Å². The fourth-order valence-corrected chi connectivity index (χ4v) is 0.983. The predicted octanol–water partition coefficient (Wildman–Crippen LogP) is 2.25. The van der Waals surface area contributed by atoms with Crippen LogP contribution in [0.3, 0.4) is 0 Å². The van der Waals surface area contributed by atoms with Crippen LogP contribution in [0.15, 0.2) is 30.7 Å². The van der Waals surface area contributed by atoms with Crippen molar-refractivity contribution in [3.05, 3.63) is 35.9 Å². The Morgan fingerprint density at radius 1 is 1.38 bits per heavy atom. The van der Waals surface area contributed by atoms with Gasteiger partial charge in [0.2, 0.25) is 0 Å². The van der Waals surface area contributed by atoms with Crippen molar-refractivity contribution in [2.24, 2.45) is 0 Å². The maximum absolute atomic E-state index is 5.61. The predicted molar refractivity (Wildman–Crippen MR) is 47.9 cm³/mol. The van der Waals surface area contributed by atoms with Gasteiger partial charge in [0, 0.05) is 6.20 Å². The SMILES string of the molecule is Clc1cnc(Oc2cccnc2)[nH]1. The molecular weight excluding hydrogens is 190 g/mol. The normalized spacial score (nSPS) is 9.92. The van der Waals surface area contributed by atoms with Crippen molar-refractivity contribution in [2.45, 2.75) is 0 Å². The Hall–Kier alpha value is -1.55. The number of pyridine rings is 1. The smallest absolute Gasteiger partial charge is 0.300 e. The number of hydrogen-bond acceptors (Lipinski definition) is 3. The Kier molecular flexibility index (Phi) is 2.14. The van der Waals surface area contributed by atoms with Gasteiger partial charge in [-0.3, -0.25) is 9.97 Å². The topological polar surface area (TPSA) is 50.8 Å². The lowest BCUT2D eigenvalue weighted by atomic mass is 10.5. The lowest BCUT2D eigenvalue weighted by Crippen LogP contribution is -1.85. The molecule has 4 nitrogen and oxygen atoms in total. The van der Waals surface area contributed by atoms with Crippen LogP contribution >= 0.6 is 11.6 Å². The zero-order chi connectivity index (χ0) is 9.10. The molecule has 0 aliphatic heterocycles. The summed E-state index contributed by atoms with van der Waals surface area (Å²) in [5.41, 5.74) is 0. The molecule has 0 fully saturated rings. The summed E-state index contributed by atoms with van der Waals surface area (Å²) in [7, 11) is 0. The molecule has 66 valence electrons. The van der Waals surface area contributed by atoms with Crippen molar-refractivity contribution in [2.75, 3.05) is 0 Å². The summed E-state index contributed by atoms with van der Waals surface area (Å²) < 4.78 is 5.29. The fourth-order valence-electron chi connectivity index (χ4n) is 0.853. The molecule has 0 spiro atoms. The van der Waals surface area contributed by atoms with E-state index in [2.05, 4.69) is 15.0 Å². The highest BCUT2D eigenvalue weighted by Crippen LogP contribution is 2.17. The van der Waals surface area contributed by atoms with E-state index < -0.39 is 0 Å². The van der Waals surface area contributed by atoms with Gasteiger partial charge in [0.1, 0.15) is 10.9 Å².